The number of pyridine rings is 1. The second kappa shape index (κ2) is 3.00. The Balaban J connectivity index is 2.94. The highest BCUT2D eigenvalue weighted by Crippen LogP contribution is 2.24. The second-order valence-corrected chi connectivity index (χ2v) is 3.62. The molecule has 0 atom stereocenters. The lowest BCUT2D eigenvalue weighted by atomic mass is 10.1. The summed E-state index contributed by atoms with van der Waals surface area (Å²) in [7, 11) is 0. The summed E-state index contributed by atoms with van der Waals surface area (Å²) in [5, 5.41) is 1.86. The fourth-order valence-electron chi connectivity index (χ4n) is 1.55. The molecule has 1 nitrogen and oxygen atoms in total. The molecular formula is C11H10ClN. The van der Waals surface area contributed by atoms with Crippen LogP contribution in [0.15, 0.2) is 24.3 Å². The van der Waals surface area contributed by atoms with Crippen LogP contribution in [0.2, 0.25) is 5.02 Å². The van der Waals surface area contributed by atoms with E-state index < -0.39 is 0 Å². The van der Waals surface area contributed by atoms with E-state index in [9.17, 15) is 0 Å². The third kappa shape index (κ3) is 1.40. The Morgan fingerprint density at radius 3 is 2.77 bits per heavy atom. The van der Waals surface area contributed by atoms with Gasteiger partial charge in [-0.15, -0.1) is 0 Å². The maximum absolute atomic E-state index is 6.04. The Morgan fingerprint density at radius 2 is 2.00 bits per heavy atom. The van der Waals surface area contributed by atoms with Crippen LogP contribution in [0.25, 0.3) is 10.9 Å². The minimum Gasteiger partial charge on any atom is -0.252 e. The lowest BCUT2D eigenvalue weighted by molar-refractivity contribution is 1.23. The molecule has 0 amide bonds. The van der Waals surface area contributed by atoms with Crippen molar-refractivity contribution in [3.8, 4) is 0 Å². The van der Waals surface area contributed by atoms with Crippen molar-refractivity contribution < 1.29 is 0 Å². The predicted octanol–water partition coefficient (Wildman–Crippen LogP) is 3.51. The van der Waals surface area contributed by atoms with E-state index in [0.717, 1.165) is 21.6 Å². The van der Waals surface area contributed by atoms with Gasteiger partial charge in [0.2, 0.25) is 0 Å². The lowest BCUT2D eigenvalue weighted by Gasteiger charge is -2.04. The molecule has 1 aromatic carbocycles. The van der Waals surface area contributed by atoms with Crippen LogP contribution in [0, 0.1) is 13.8 Å². The zero-order valence-corrected chi connectivity index (χ0v) is 8.39. The SMILES string of the molecule is Cc1cc(C)c2cccc(Cl)c2n1. The van der Waals surface area contributed by atoms with Crippen molar-refractivity contribution in [2.45, 2.75) is 13.8 Å². The summed E-state index contributed by atoms with van der Waals surface area (Å²) in [6.45, 7) is 4.06. The van der Waals surface area contributed by atoms with Crippen LogP contribution in [0.5, 0.6) is 0 Å². The number of benzene rings is 1. The Kier molecular flexibility index (Phi) is 1.97. The molecule has 2 rings (SSSR count). The highest BCUT2D eigenvalue weighted by molar-refractivity contribution is 6.35. The molecule has 0 fully saturated rings. The van der Waals surface area contributed by atoms with E-state index in [-0.39, 0.29) is 0 Å². The van der Waals surface area contributed by atoms with Crippen LogP contribution >= 0.6 is 11.6 Å². The summed E-state index contributed by atoms with van der Waals surface area (Å²) in [5.74, 6) is 0. The van der Waals surface area contributed by atoms with Gasteiger partial charge in [0, 0.05) is 11.1 Å². The monoisotopic (exact) mass is 191 g/mol. The Bertz CT molecular complexity index is 463. The standard InChI is InChI=1S/C11H10ClN/c1-7-6-8(2)13-11-9(7)4-3-5-10(11)12/h3-6H,1-2H3. The first-order chi connectivity index (χ1) is 6.18. The van der Waals surface area contributed by atoms with Gasteiger partial charge in [0.05, 0.1) is 10.5 Å². The molecular weight excluding hydrogens is 182 g/mol. The largest absolute Gasteiger partial charge is 0.252 e. The minimum absolute atomic E-state index is 0.726. The predicted molar refractivity (Wildman–Crippen MR) is 56.2 cm³/mol. The molecule has 0 saturated carbocycles. The van der Waals surface area contributed by atoms with Crippen LogP contribution in [0.1, 0.15) is 11.3 Å². The summed E-state index contributed by atoms with van der Waals surface area (Å²) >= 11 is 6.04. The number of hydrogen-bond acceptors (Lipinski definition) is 1. The summed E-state index contributed by atoms with van der Waals surface area (Å²) in [4.78, 5) is 4.40. The maximum atomic E-state index is 6.04. The number of hydrogen-bond donors (Lipinski definition) is 0. The van der Waals surface area contributed by atoms with E-state index in [4.69, 9.17) is 11.6 Å². The Morgan fingerprint density at radius 1 is 1.23 bits per heavy atom. The molecule has 0 bridgehead atoms. The van der Waals surface area contributed by atoms with Crippen LogP contribution in [0.4, 0.5) is 0 Å². The van der Waals surface area contributed by atoms with Gasteiger partial charge in [-0.2, -0.15) is 0 Å². The molecule has 0 unspecified atom stereocenters. The van der Waals surface area contributed by atoms with Gasteiger partial charge < -0.3 is 0 Å². The first-order valence-electron chi connectivity index (χ1n) is 4.21. The second-order valence-electron chi connectivity index (χ2n) is 3.22. The molecule has 0 radical (unpaired) electrons. The topological polar surface area (TPSA) is 12.9 Å². The normalized spacial score (nSPS) is 10.7. The molecule has 0 aliphatic carbocycles. The van der Waals surface area contributed by atoms with Crippen molar-refractivity contribution in [2.24, 2.45) is 0 Å². The van der Waals surface area contributed by atoms with E-state index in [0.29, 0.717) is 0 Å². The zero-order chi connectivity index (χ0) is 9.42. The van der Waals surface area contributed by atoms with Crippen molar-refractivity contribution >= 4 is 22.5 Å². The van der Waals surface area contributed by atoms with Gasteiger partial charge in [-0.05, 0) is 31.5 Å². The molecule has 2 aromatic rings. The molecule has 0 aliphatic rings. The number of aromatic nitrogens is 1. The first-order valence-corrected chi connectivity index (χ1v) is 4.59. The van der Waals surface area contributed by atoms with Gasteiger partial charge in [0.15, 0.2) is 0 Å². The van der Waals surface area contributed by atoms with Crippen LogP contribution < -0.4 is 0 Å². The minimum atomic E-state index is 0.726. The van der Waals surface area contributed by atoms with Crippen molar-refractivity contribution in [1.29, 1.82) is 0 Å². The molecule has 13 heavy (non-hydrogen) atoms. The number of aryl methyl sites for hydroxylation is 2. The van der Waals surface area contributed by atoms with Gasteiger partial charge in [-0.3, -0.25) is 4.98 Å². The number of para-hydroxylation sites is 1. The van der Waals surface area contributed by atoms with Gasteiger partial charge in [0.1, 0.15) is 0 Å². The van der Waals surface area contributed by atoms with Gasteiger partial charge in [-0.25, -0.2) is 0 Å². The third-order valence-electron chi connectivity index (χ3n) is 2.13. The van der Waals surface area contributed by atoms with Crippen LogP contribution in [-0.2, 0) is 0 Å². The molecule has 0 saturated heterocycles. The third-order valence-corrected chi connectivity index (χ3v) is 2.43. The molecule has 66 valence electrons. The average Bonchev–Trinajstić information content (AvgIpc) is 2.07. The molecule has 0 aliphatic heterocycles. The highest BCUT2D eigenvalue weighted by Gasteiger charge is 2.02. The molecule has 2 heteroatoms. The maximum Gasteiger partial charge on any atom is 0.0893 e. The number of rotatable bonds is 0. The van der Waals surface area contributed by atoms with Crippen LogP contribution in [0.3, 0.4) is 0 Å². The molecule has 0 spiro atoms. The average molecular weight is 192 g/mol. The summed E-state index contributed by atoms with van der Waals surface area (Å²) in [5.41, 5.74) is 3.14. The van der Waals surface area contributed by atoms with Gasteiger partial charge in [0.25, 0.3) is 0 Å². The molecule has 0 N–H and O–H groups in total. The van der Waals surface area contributed by atoms with E-state index in [2.05, 4.69) is 18.0 Å². The van der Waals surface area contributed by atoms with Crippen molar-refractivity contribution in [2.75, 3.05) is 0 Å². The van der Waals surface area contributed by atoms with Gasteiger partial charge in [-0.1, -0.05) is 23.7 Å². The van der Waals surface area contributed by atoms with E-state index in [1.807, 2.05) is 25.1 Å². The lowest BCUT2D eigenvalue weighted by Crippen LogP contribution is -1.87. The number of nitrogens with zero attached hydrogens (tertiary/aromatic N) is 1. The van der Waals surface area contributed by atoms with E-state index in [1.54, 1.807) is 0 Å². The fraction of sp³-hybridized carbons (Fsp3) is 0.182. The number of fused-ring (bicyclic) bond motifs is 1. The number of halogens is 1. The molecule has 1 heterocycles. The van der Waals surface area contributed by atoms with Crippen molar-refractivity contribution in [3.63, 3.8) is 0 Å². The van der Waals surface area contributed by atoms with E-state index in [1.165, 1.54) is 5.56 Å². The Labute approximate surface area is 82.4 Å². The first kappa shape index (κ1) is 8.52. The summed E-state index contributed by atoms with van der Waals surface area (Å²) in [6, 6.07) is 7.94. The Hall–Kier alpha value is -1.08. The molecule has 1 aromatic heterocycles. The van der Waals surface area contributed by atoms with E-state index >= 15 is 0 Å². The smallest absolute Gasteiger partial charge is 0.0893 e. The van der Waals surface area contributed by atoms with Crippen molar-refractivity contribution in [1.82, 2.24) is 4.98 Å². The quantitative estimate of drug-likeness (QED) is 0.621. The fourth-order valence-corrected chi connectivity index (χ4v) is 1.76. The highest BCUT2D eigenvalue weighted by atomic mass is 35.5. The van der Waals surface area contributed by atoms with Crippen molar-refractivity contribution in [3.05, 3.63) is 40.5 Å². The van der Waals surface area contributed by atoms with Gasteiger partial charge >= 0.3 is 0 Å². The summed E-state index contributed by atoms with van der Waals surface area (Å²) < 4.78 is 0. The van der Waals surface area contributed by atoms with Crippen LogP contribution in [-0.4, -0.2) is 4.98 Å². The summed E-state index contributed by atoms with van der Waals surface area (Å²) in [6.07, 6.45) is 0. The zero-order valence-electron chi connectivity index (χ0n) is 7.63.